The Morgan fingerprint density at radius 2 is 1.86 bits per heavy atom. The van der Waals surface area contributed by atoms with Gasteiger partial charge in [0.1, 0.15) is 0 Å². The van der Waals surface area contributed by atoms with Crippen molar-refractivity contribution in [1.82, 2.24) is 35.4 Å². The van der Waals surface area contributed by atoms with E-state index in [0.717, 1.165) is 28.7 Å². The first-order valence-electron chi connectivity index (χ1n) is 8.79. The molecule has 0 radical (unpaired) electrons. The summed E-state index contributed by atoms with van der Waals surface area (Å²) in [4.78, 5) is 4.27. The predicted octanol–water partition coefficient (Wildman–Crippen LogP) is 3.22. The van der Waals surface area contributed by atoms with Gasteiger partial charge in [0.15, 0.2) is 5.82 Å². The Bertz CT molecular complexity index is 1140. The second-order valence-corrected chi connectivity index (χ2v) is 6.44. The number of nitrogens with zero attached hydrogens (tertiary/aromatic N) is 6. The number of nitrogens with one attached hydrogen (secondary N) is 1. The second-order valence-electron chi connectivity index (χ2n) is 6.04. The van der Waals surface area contributed by atoms with E-state index in [1.54, 1.807) is 4.68 Å². The number of H-pyrrole nitrogens is 1. The van der Waals surface area contributed by atoms with Gasteiger partial charge in [-0.15, -0.1) is 22.8 Å². The summed E-state index contributed by atoms with van der Waals surface area (Å²) in [5.74, 6) is 7.33. The average Bonchev–Trinajstić information content (AvgIpc) is 3.37. The van der Waals surface area contributed by atoms with Gasteiger partial charge in [0.2, 0.25) is 11.0 Å². The molecule has 4 rings (SSSR count). The van der Waals surface area contributed by atoms with E-state index in [9.17, 15) is 0 Å². The molecule has 138 valence electrons. The largest absolute Gasteiger partial charge is 0.239 e. The van der Waals surface area contributed by atoms with Gasteiger partial charge in [-0.1, -0.05) is 61.4 Å². The van der Waals surface area contributed by atoms with Crippen molar-refractivity contribution in [3.63, 3.8) is 0 Å². The molecular formula is C20H17N7S. The smallest absolute Gasteiger partial charge is 0.206 e. The van der Waals surface area contributed by atoms with E-state index in [1.165, 1.54) is 0 Å². The van der Waals surface area contributed by atoms with Crippen LogP contribution in [-0.4, -0.2) is 35.4 Å². The van der Waals surface area contributed by atoms with Crippen molar-refractivity contribution in [2.75, 3.05) is 0 Å². The van der Waals surface area contributed by atoms with Crippen molar-refractivity contribution < 1.29 is 0 Å². The topological polar surface area (TPSA) is 85.2 Å². The zero-order valence-electron chi connectivity index (χ0n) is 15.2. The van der Waals surface area contributed by atoms with E-state index in [4.69, 9.17) is 0 Å². The highest BCUT2D eigenvalue weighted by Crippen LogP contribution is 2.29. The Kier molecular flexibility index (Phi) is 5.17. The number of rotatable bonds is 4. The lowest BCUT2D eigenvalue weighted by atomic mass is 9.98. The molecule has 0 saturated heterocycles. The molecule has 2 aromatic heterocycles. The van der Waals surface area contributed by atoms with Gasteiger partial charge >= 0.3 is 0 Å². The first-order valence-corrected chi connectivity index (χ1v) is 9.24. The van der Waals surface area contributed by atoms with Gasteiger partial charge in [0.05, 0.1) is 6.54 Å². The molecular weight excluding hydrogens is 370 g/mol. The molecule has 0 aliphatic heterocycles. The van der Waals surface area contributed by atoms with Crippen molar-refractivity contribution in [2.24, 2.45) is 0 Å². The van der Waals surface area contributed by atoms with Crippen LogP contribution in [0.2, 0.25) is 0 Å². The average molecular weight is 387 g/mol. The third kappa shape index (κ3) is 3.80. The van der Waals surface area contributed by atoms with Crippen LogP contribution in [0.25, 0.3) is 22.5 Å². The second kappa shape index (κ2) is 8.06. The summed E-state index contributed by atoms with van der Waals surface area (Å²) in [7, 11) is 0. The maximum atomic E-state index is 4.33. The standard InChI is InChI=1S/C20H17N7S/c1-2-3-8-18-21-20(28)24-27(18)13-14-9-11-15(12-10-14)16-6-4-5-7-17(16)19-22-25-26-23-19/h4-7,9-12H,2,13H2,1H3,(H,24,28)(H,22,23,25,26). The lowest BCUT2D eigenvalue weighted by Crippen LogP contribution is -2.04. The maximum Gasteiger partial charge on any atom is 0.206 e. The van der Waals surface area contributed by atoms with Crippen molar-refractivity contribution in [2.45, 2.75) is 25.0 Å². The zero-order valence-corrected chi connectivity index (χ0v) is 16.1. The van der Waals surface area contributed by atoms with E-state index in [2.05, 4.69) is 85.5 Å². The molecule has 0 bridgehead atoms. The number of aromatic amines is 1. The minimum Gasteiger partial charge on any atom is -0.239 e. The minimum atomic E-state index is 0.423. The summed E-state index contributed by atoms with van der Waals surface area (Å²) in [5, 5.41) is 18.9. The number of thiol groups is 1. The predicted molar refractivity (Wildman–Crippen MR) is 109 cm³/mol. The molecule has 0 atom stereocenters. The van der Waals surface area contributed by atoms with Crippen LogP contribution in [0.15, 0.2) is 53.7 Å². The SMILES string of the molecule is CCC#Cc1nc(S)nn1Cc1ccc(-c2ccccc2-c2nnn[nH]2)cc1. The molecule has 0 aliphatic carbocycles. The quantitative estimate of drug-likeness (QED) is 0.415. The third-order valence-corrected chi connectivity index (χ3v) is 4.35. The molecule has 0 saturated carbocycles. The fourth-order valence-electron chi connectivity index (χ4n) is 2.88. The summed E-state index contributed by atoms with van der Waals surface area (Å²) in [5.41, 5.74) is 4.18. The van der Waals surface area contributed by atoms with Gasteiger partial charge in [-0.2, -0.15) is 4.98 Å². The molecule has 2 aromatic carbocycles. The minimum absolute atomic E-state index is 0.423. The van der Waals surface area contributed by atoms with Gasteiger partial charge in [-0.05, 0) is 33.0 Å². The van der Waals surface area contributed by atoms with E-state index >= 15 is 0 Å². The Hall–Kier alpha value is -3.44. The molecule has 0 fully saturated rings. The molecule has 0 amide bonds. The van der Waals surface area contributed by atoms with Gasteiger partial charge in [-0.3, -0.25) is 0 Å². The number of benzene rings is 2. The van der Waals surface area contributed by atoms with Crippen molar-refractivity contribution in [1.29, 1.82) is 0 Å². The van der Waals surface area contributed by atoms with E-state index in [1.807, 2.05) is 25.1 Å². The summed E-state index contributed by atoms with van der Waals surface area (Å²) in [6.07, 6.45) is 0.767. The number of tetrazole rings is 1. The van der Waals surface area contributed by atoms with Crippen LogP contribution < -0.4 is 0 Å². The van der Waals surface area contributed by atoms with Crippen LogP contribution in [0, 0.1) is 11.8 Å². The molecule has 1 N–H and O–H groups in total. The summed E-state index contributed by atoms with van der Waals surface area (Å²) in [6, 6.07) is 16.3. The molecule has 0 spiro atoms. The monoisotopic (exact) mass is 387 g/mol. The summed E-state index contributed by atoms with van der Waals surface area (Å²) in [6.45, 7) is 2.58. The number of hydrogen-bond acceptors (Lipinski definition) is 6. The van der Waals surface area contributed by atoms with E-state index in [-0.39, 0.29) is 0 Å². The molecule has 28 heavy (non-hydrogen) atoms. The highest BCUT2D eigenvalue weighted by atomic mass is 32.1. The Morgan fingerprint density at radius 1 is 1.07 bits per heavy atom. The highest BCUT2D eigenvalue weighted by molar-refractivity contribution is 7.80. The molecule has 0 unspecified atom stereocenters. The Balaban J connectivity index is 1.61. The Morgan fingerprint density at radius 3 is 2.57 bits per heavy atom. The van der Waals surface area contributed by atoms with Crippen molar-refractivity contribution in [3.05, 3.63) is 59.9 Å². The molecule has 7 nitrogen and oxygen atoms in total. The molecule has 0 aliphatic rings. The number of hydrogen-bond donors (Lipinski definition) is 2. The van der Waals surface area contributed by atoms with Gasteiger partial charge < -0.3 is 0 Å². The maximum absolute atomic E-state index is 4.33. The van der Waals surface area contributed by atoms with Crippen LogP contribution >= 0.6 is 12.6 Å². The fraction of sp³-hybridized carbons (Fsp3) is 0.150. The van der Waals surface area contributed by atoms with Gasteiger partial charge in [0, 0.05) is 12.0 Å². The molecule has 8 heteroatoms. The van der Waals surface area contributed by atoms with E-state index in [0.29, 0.717) is 23.4 Å². The van der Waals surface area contributed by atoms with Crippen LogP contribution in [-0.2, 0) is 6.54 Å². The molecule has 2 heterocycles. The fourth-order valence-corrected chi connectivity index (χ4v) is 3.08. The van der Waals surface area contributed by atoms with Crippen LogP contribution in [0.4, 0.5) is 0 Å². The first-order chi connectivity index (χ1) is 13.7. The summed E-state index contributed by atoms with van der Waals surface area (Å²) >= 11 is 4.24. The summed E-state index contributed by atoms with van der Waals surface area (Å²) < 4.78 is 1.77. The molecule has 4 aromatic rings. The highest BCUT2D eigenvalue weighted by Gasteiger charge is 2.11. The van der Waals surface area contributed by atoms with Crippen LogP contribution in [0.3, 0.4) is 0 Å². The first kappa shape index (κ1) is 17.9. The lowest BCUT2D eigenvalue weighted by molar-refractivity contribution is 0.659. The van der Waals surface area contributed by atoms with Gasteiger partial charge in [0.25, 0.3) is 0 Å². The number of aromatic nitrogens is 7. The van der Waals surface area contributed by atoms with Gasteiger partial charge in [-0.25, -0.2) is 9.78 Å². The normalized spacial score (nSPS) is 10.5. The van der Waals surface area contributed by atoms with Crippen molar-refractivity contribution >= 4 is 12.6 Å². The van der Waals surface area contributed by atoms with Crippen molar-refractivity contribution in [3.8, 4) is 34.4 Å². The van der Waals surface area contributed by atoms with Crippen LogP contribution in [0.5, 0.6) is 0 Å². The zero-order chi connectivity index (χ0) is 19.3. The Labute approximate surface area is 167 Å². The lowest BCUT2D eigenvalue weighted by Gasteiger charge is -2.08. The third-order valence-electron chi connectivity index (χ3n) is 4.16. The van der Waals surface area contributed by atoms with Crippen LogP contribution in [0.1, 0.15) is 24.7 Å². The van der Waals surface area contributed by atoms with E-state index < -0.39 is 0 Å².